The smallest absolute Gasteiger partial charge is 0.331 e. The number of nitrogens with zero attached hydrogens (tertiary/aromatic N) is 3. The predicted octanol–water partition coefficient (Wildman–Crippen LogP) is 3.25. The van der Waals surface area contributed by atoms with Gasteiger partial charge in [-0.25, -0.2) is 9.78 Å². The van der Waals surface area contributed by atoms with E-state index in [4.69, 9.17) is 4.74 Å². The number of nitrogens with one attached hydrogen (secondary N) is 1. The van der Waals surface area contributed by atoms with E-state index in [-0.39, 0.29) is 10.1 Å². The zero-order valence-corrected chi connectivity index (χ0v) is 16.9. The van der Waals surface area contributed by atoms with Gasteiger partial charge in [0.2, 0.25) is 5.88 Å². The summed E-state index contributed by atoms with van der Waals surface area (Å²) in [6.45, 7) is 0. The monoisotopic (exact) mass is 460 g/mol. The number of rotatable bonds is 5. The summed E-state index contributed by atoms with van der Waals surface area (Å²) in [5.41, 5.74) is 0.749. The van der Waals surface area contributed by atoms with Gasteiger partial charge in [0.05, 0.1) is 18.2 Å². The fourth-order valence-corrected chi connectivity index (χ4v) is 2.96. The quantitative estimate of drug-likeness (QED) is 0.318. The summed E-state index contributed by atoms with van der Waals surface area (Å²) in [7, 11) is 1.24. The van der Waals surface area contributed by atoms with Crippen molar-refractivity contribution in [1.29, 1.82) is 0 Å². The summed E-state index contributed by atoms with van der Waals surface area (Å²) in [5, 5.41) is 10.7. The van der Waals surface area contributed by atoms with Crippen molar-refractivity contribution < 1.29 is 19.1 Å². The molecule has 1 aliphatic heterocycles. The van der Waals surface area contributed by atoms with Crippen molar-refractivity contribution in [2.24, 2.45) is 10.2 Å². The summed E-state index contributed by atoms with van der Waals surface area (Å²) >= 11 is 4.32. The first-order chi connectivity index (χ1) is 13.5. The third-order valence-electron chi connectivity index (χ3n) is 3.24. The van der Waals surface area contributed by atoms with Crippen LogP contribution in [0.2, 0.25) is 0 Å². The number of benzene rings is 1. The number of hydrogen-bond acceptors (Lipinski definition) is 8. The predicted molar refractivity (Wildman–Crippen MR) is 109 cm³/mol. The van der Waals surface area contributed by atoms with Crippen LogP contribution < -0.4 is 10.1 Å². The number of carbonyl (C=O) groups excluding carboxylic acids is 2. The van der Waals surface area contributed by atoms with E-state index in [0.29, 0.717) is 11.6 Å². The van der Waals surface area contributed by atoms with Gasteiger partial charge in [0.1, 0.15) is 5.75 Å². The molecule has 1 N–H and O–H groups in total. The molecule has 1 aliphatic rings. The Balaban J connectivity index is 1.65. The Hall–Kier alpha value is -2.98. The molecule has 0 saturated carbocycles. The third-order valence-corrected chi connectivity index (χ3v) is 4.61. The molecule has 0 atom stereocenters. The molecule has 0 aliphatic carbocycles. The topological polar surface area (TPSA) is 102 Å². The van der Waals surface area contributed by atoms with Gasteiger partial charge in [-0.05, 0) is 51.5 Å². The fourth-order valence-electron chi connectivity index (χ4n) is 1.99. The molecular formula is C18H13BrN4O4S. The van der Waals surface area contributed by atoms with Crippen LogP contribution in [0.5, 0.6) is 11.6 Å². The Labute approximate surface area is 172 Å². The van der Waals surface area contributed by atoms with Gasteiger partial charge >= 0.3 is 5.97 Å². The van der Waals surface area contributed by atoms with Crippen molar-refractivity contribution in [1.82, 2.24) is 10.3 Å². The second kappa shape index (κ2) is 9.29. The molecular weight excluding hydrogens is 448 g/mol. The molecule has 3 rings (SSSR count). The second-order valence-corrected chi connectivity index (χ2v) is 7.17. The van der Waals surface area contributed by atoms with E-state index in [1.165, 1.54) is 13.3 Å². The summed E-state index contributed by atoms with van der Waals surface area (Å²) < 4.78 is 11.0. The number of thioether (sulfide) groups is 1. The maximum atomic E-state index is 11.7. The van der Waals surface area contributed by atoms with Crippen molar-refractivity contribution in [3.05, 3.63) is 63.6 Å². The van der Waals surface area contributed by atoms with Crippen LogP contribution >= 0.6 is 27.7 Å². The fraction of sp³-hybridized carbons (Fsp3) is 0.0556. The van der Waals surface area contributed by atoms with E-state index in [0.717, 1.165) is 27.9 Å². The Morgan fingerprint density at radius 2 is 2.18 bits per heavy atom. The van der Waals surface area contributed by atoms with Crippen molar-refractivity contribution in [3.8, 4) is 11.6 Å². The number of methoxy groups -OCH3 is 1. The van der Waals surface area contributed by atoms with Crippen LogP contribution in [0, 0.1) is 0 Å². The number of halogens is 1. The minimum atomic E-state index is -0.612. The van der Waals surface area contributed by atoms with Crippen molar-refractivity contribution in [3.63, 3.8) is 0 Å². The zero-order chi connectivity index (χ0) is 19.9. The van der Waals surface area contributed by atoms with Gasteiger partial charge in [0, 0.05) is 22.8 Å². The third kappa shape index (κ3) is 5.51. The van der Waals surface area contributed by atoms with E-state index in [2.05, 4.69) is 41.2 Å². The van der Waals surface area contributed by atoms with Crippen LogP contribution in [-0.4, -0.2) is 35.4 Å². The van der Waals surface area contributed by atoms with E-state index in [1.807, 2.05) is 18.2 Å². The first kappa shape index (κ1) is 19.8. The van der Waals surface area contributed by atoms with Crippen LogP contribution in [-0.2, 0) is 14.3 Å². The number of ether oxygens (including phenoxy) is 2. The molecule has 28 heavy (non-hydrogen) atoms. The summed E-state index contributed by atoms with van der Waals surface area (Å²) in [6, 6.07) is 10.8. The Bertz CT molecular complexity index is 989. The van der Waals surface area contributed by atoms with E-state index in [1.54, 1.807) is 24.4 Å². The van der Waals surface area contributed by atoms with Gasteiger partial charge in [0.25, 0.3) is 5.91 Å². The lowest BCUT2D eigenvalue weighted by atomic mass is 10.2. The Morgan fingerprint density at radius 3 is 2.93 bits per heavy atom. The van der Waals surface area contributed by atoms with Gasteiger partial charge in [-0.1, -0.05) is 12.1 Å². The average molecular weight is 461 g/mol. The number of carbonyl (C=O) groups is 2. The van der Waals surface area contributed by atoms with Crippen molar-refractivity contribution in [2.45, 2.75) is 0 Å². The van der Waals surface area contributed by atoms with E-state index >= 15 is 0 Å². The number of esters is 1. The lowest BCUT2D eigenvalue weighted by Crippen LogP contribution is -2.19. The summed E-state index contributed by atoms with van der Waals surface area (Å²) in [4.78, 5) is 27.3. The molecule has 1 amide bonds. The number of amidine groups is 1. The van der Waals surface area contributed by atoms with Crippen molar-refractivity contribution in [2.75, 3.05) is 7.11 Å². The van der Waals surface area contributed by atoms with E-state index < -0.39 is 11.9 Å². The van der Waals surface area contributed by atoms with E-state index in [9.17, 15) is 9.59 Å². The molecule has 0 radical (unpaired) electrons. The molecule has 0 unspecified atom stereocenters. The molecule has 2 heterocycles. The lowest BCUT2D eigenvalue weighted by molar-refractivity contribution is -0.135. The zero-order valence-electron chi connectivity index (χ0n) is 14.5. The van der Waals surface area contributed by atoms with Gasteiger partial charge < -0.3 is 9.47 Å². The normalized spacial score (nSPS) is 16.6. The molecule has 1 saturated heterocycles. The van der Waals surface area contributed by atoms with Crippen LogP contribution in [0.25, 0.3) is 0 Å². The summed E-state index contributed by atoms with van der Waals surface area (Å²) in [6.07, 6.45) is 4.26. The number of pyridine rings is 1. The minimum absolute atomic E-state index is 0.193. The first-order valence-electron chi connectivity index (χ1n) is 7.83. The highest BCUT2D eigenvalue weighted by atomic mass is 79.9. The molecule has 0 spiro atoms. The Morgan fingerprint density at radius 1 is 1.32 bits per heavy atom. The number of amides is 1. The molecule has 1 aromatic heterocycles. The number of aromatic nitrogens is 1. The van der Waals surface area contributed by atoms with Crippen LogP contribution in [0.1, 0.15) is 5.56 Å². The molecule has 10 heteroatoms. The maximum Gasteiger partial charge on any atom is 0.331 e. The first-order valence-corrected chi connectivity index (χ1v) is 9.44. The van der Waals surface area contributed by atoms with Crippen LogP contribution in [0.4, 0.5) is 0 Å². The highest BCUT2D eigenvalue weighted by Crippen LogP contribution is 2.24. The minimum Gasteiger partial charge on any atom is -0.466 e. The lowest BCUT2D eigenvalue weighted by Gasteiger charge is -2.04. The molecule has 2 aromatic rings. The van der Waals surface area contributed by atoms with Crippen molar-refractivity contribution >= 4 is 51.0 Å². The highest BCUT2D eigenvalue weighted by molar-refractivity contribution is 9.10. The largest absolute Gasteiger partial charge is 0.466 e. The highest BCUT2D eigenvalue weighted by Gasteiger charge is 2.24. The van der Waals surface area contributed by atoms with Crippen LogP contribution in [0.3, 0.4) is 0 Å². The molecule has 142 valence electrons. The van der Waals surface area contributed by atoms with Gasteiger partial charge in [0.15, 0.2) is 5.17 Å². The SMILES string of the molecule is COC(=O)/C=C1/S/C(=N\N=Cc2cccc(Oc3ccc(Br)cn3)c2)NC1=O. The molecule has 1 fully saturated rings. The van der Waals surface area contributed by atoms with Crippen LogP contribution in [0.15, 0.2) is 68.3 Å². The average Bonchev–Trinajstić information content (AvgIpc) is 3.03. The van der Waals surface area contributed by atoms with Gasteiger partial charge in [-0.2, -0.15) is 5.10 Å². The molecule has 1 aromatic carbocycles. The maximum absolute atomic E-state index is 11.7. The molecule has 0 bridgehead atoms. The standard InChI is InChI=1S/C18H13BrN4O4S/c1-26-16(24)8-14-17(25)22-18(28-14)23-21-9-11-3-2-4-13(7-11)27-15-6-5-12(19)10-20-15/h2-10H,1H3,(H,22,23,25)/b14-8+,21-9?. The molecule has 8 nitrogen and oxygen atoms in total. The van der Waals surface area contributed by atoms with Gasteiger partial charge in [-0.15, -0.1) is 5.10 Å². The van der Waals surface area contributed by atoms with Gasteiger partial charge in [-0.3, -0.25) is 10.1 Å². The number of hydrogen-bond donors (Lipinski definition) is 1. The Kier molecular flexibility index (Phi) is 6.56. The second-order valence-electron chi connectivity index (χ2n) is 5.23. The summed E-state index contributed by atoms with van der Waals surface area (Å²) in [5.74, 6) is 0.0204.